The van der Waals surface area contributed by atoms with E-state index in [4.69, 9.17) is 56.8 Å². The van der Waals surface area contributed by atoms with Gasteiger partial charge in [-0.05, 0) is 51.0 Å². The van der Waals surface area contributed by atoms with Crippen LogP contribution in [0.1, 0.15) is 64.6 Å². The molecular formula is C51H80N4O20S2. The second-order valence-corrected chi connectivity index (χ2v) is 20.6. The lowest BCUT2D eigenvalue weighted by Crippen LogP contribution is -2.35. The van der Waals surface area contributed by atoms with Crippen LogP contribution < -0.4 is 5.32 Å². The third-order valence-corrected chi connectivity index (χ3v) is 13.8. The highest BCUT2D eigenvalue weighted by atomic mass is 32.2. The zero-order valence-electron chi connectivity index (χ0n) is 44.6. The fourth-order valence-corrected chi connectivity index (χ4v) is 8.71. The van der Waals surface area contributed by atoms with Gasteiger partial charge in [-0.25, -0.2) is 8.42 Å². The highest BCUT2D eigenvalue weighted by Gasteiger charge is 2.30. The number of amides is 1. The summed E-state index contributed by atoms with van der Waals surface area (Å²) in [6.07, 6.45) is 1.28. The Labute approximate surface area is 452 Å². The highest BCUT2D eigenvalue weighted by Crippen LogP contribution is 2.16. The molecule has 0 aliphatic carbocycles. The molecule has 0 fully saturated rings. The fourth-order valence-electron chi connectivity index (χ4n) is 6.60. The number of benzene rings is 2. The zero-order chi connectivity index (χ0) is 55.7. The van der Waals surface area contributed by atoms with Crippen molar-refractivity contribution in [3.8, 4) is 0 Å². The summed E-state index contributed by atoms with van der Waals surface area (Å²) < 4.78 is 127. The van der Waals surface area contributed by atoms with Crippen molar-refractivity contribution in [1.29, 1.82) is 0 Å². The molecule has 1 unspecified atom stereocenters. The first kappa shape index (κ1) is 67.0. The number of aromatic nitrogens is 3. The molecule has 77 heavy (non-hydrogen) atoms. The summed E-state index contributed by atoms with van der Waals surface area (Å²) in [5.74, 6) is -2.10. The number of ether oxygens (including phenoxy) is 12. The minimum Gasteiger partial charge on any atom is -0.379 e. The van der Waals surface area contributed by atoms with E-state index in [1.807, 2.05) is 20.0 Å². The summed E-state index contributed by atoms with van der Waals surface area (Å²) >= 11 is 0. The van der Waals surface area contributed by atoms with Crippen LogP contribution in [0.25, 0.3) is 0 Å². The number of sulfone groups is 1. The van der Waals surface area contributed by atoms with Gasteiger partial charge in [0.1, 0.15) is 10.9 Å². The van der Waals surface area contributed by atoms with Crippen molar-refractivity contribution in [1.82, 2.24) is 20.3 Å². The number of hydrogen-bond acceptors (Lipinski definition) is 21. The molecule has 0 saturated heterocycles. The number of carbonyl (C=O) groups is 3. The van der Waals surface area contributed by atoms with Crippen LogP contribution in [-0.4, -0.2) is 223 Å². The van der Waals surface area contributed by atoms with Crippen molar-refractivity contribution in [2.24, 2.45) is 0 Å². The van der Waals surface area contributed by atoms with Gasteiger partial charge in [0.2, 0.25) is 0 Å². The van der Waals surface area contributed by atoms with E-state index in [0.717, 1.165) is 17.8 Å². The van der Waals surface area contributed by atoms with Crippen molar-refractivity contribution in [3.63, 3.8) is 0 Å². The molecule has 1 atom stereocenters. The van der Waals surface area contributed by atoms with E-state index in [2.05, 4.69) is 15.6 Å². The van der Waals surface area contributed by atoms with Crippen LogP contribution in [0.3, 0.4) is 0 Å². The van der Waals surface area contributed by atoms with E-state index in [1.54, 1.807) is 16.8 Å². The number of nitrogens with zero attached hydrogens (tertiary/aromatic N) is 3. The summed E-state index contributed by atoms with van der Waals surface area (Å²) in [6.45, 7) is 14.3. The van der Waals surface area contributed by atoms with Crippen LogP contribution in [-0.2, 0) is 94.7 Å². The van der Waals surface area contributed by atoms with Gasteiger partial charge in [0.25, 0.3) is 16.0 Å². The second kappa shape index (κ2) is 41.8. The van der Waals surface area contributed by atoms with Gasteiger partial charge in [-0.3, -0.25) is 23.6 Å². The standard InChI is InChI=1S/C51H80N4O20S2/c1-3-55-41-46(53-54-55)42-75-39-38-74-37-36-73-35-34-72-33-32-71-31-30-70-29-28-69-27-26-68-25-24-67-23-22-66-21-20-65-19-18-64-17-4-5-49(57)50(77(61,62)63)14-16-52-51(58)45-10-8-44(9-11-45)48(56)15-40-76(59,60)47-12-6-43(2)7-13-47/h6-13,41,50H,3-5,14-40,42H2,1-2H3,(H,52,58)(H,61,62,63). The molecule has 0 radical (unpaired) electrons. The maximum Gasteiger partial charge on any atom is 0.275 e. The maximum atomic E-state index is 12.7. The summed E-state index contributed by atoms with van der Waals surface area (Å²) in [6, 6.07) is 11.9. The number of hydrogen-bond donors (Lipinski definition) is 2. The molecule has 3 aromatic rings. The number of nitrogens with one attached hydrogen (secondary N) is 1. The number of Topliss-reactive ketones (excluding diaryl/α,β-unsaturated/α-hetero) is 2. The van der Waals surface area contributed by atoms with Crippen LogP contribution in [0, 0.1) is 6.92 Å². The van der Waals surface area contributed by atoms with Crippen molar-refractivity contribution in [2.75, 3.05) is 164 Å². The Morgan fingerprint density at radius 3 is 1.36 bits per heavy atom. The van der Waals surface area contributed by atoms with E-state index in [9.17, 15) is 35.8 Å². The highest BCUT2D eigenvalue weighted by molar-refractivity contribution is 7.91. The average Bonchev–Trinajstić information content (AvgIpc) is 3.89. The molecule has 436 valence electrons. The minimum atomic E-state index is -4.75. The van der Waals surface area contributed by atoms with Crippen LogP contribution in [0.4, 0.5) is 0 Å². The monoisotopic (exact) mass is 1130 g/mol. The second-order valence-electron chi connectivity index (χ2n) is 16.9. The number of rotatable bonds is 51. The van der Waals surface area contributed by atoms with E-state index < -0.39 is 42.7 Å². The van der Waals surface area contributed by atoms with Crippen molar-refractivity contribution >= 4 is 37.4 Å². The SMILES string of the molecule is CCn1cc(COCCOCCOCCOCCOCCOCCOCCOCCOCCOCCOCCOCCCC(=O)C(CCNC(=O)c2ccc(C(=O)CCS(=O)(=O)c3ccc(C)cc3)cc2)S(=O)(=O)O)nn1. The third-order valence-electron chi connectivity index (χ3n) is 10.8. The molecular weight excluding hydrogens is 1050 g/mol. The molecule has 2 aromatic carbocycles. The molecule has 0 bridgehead atoms. The van der Waals surface area contributed by atoms with Gasteiger partial charge >= 0.3 is 0 Å². The molecule has 3 rings (SSSR count). The minimum absolute atomic E-state index is 0.129. The van der Waals surface area contributed by atoms with Crippen molar-refractivity contribution < 1.29 is 92.6 Å². The largest absolute Gasteiger partial charge is 0.379 e. The lowest BCUT2D eigenvalue weighted by molar-refractivity contribution is -0.119. The molecule has 2 N–H and O–H groups in total. The molecule has 0 aliphatic heterocycles. The summed E-state index contributed by atoms with van der Waals surface area (Å²) in [7, 11) is -8.41. The van der Waals surface area contributed by atoms with Crippen LogP contribution >= 0.6 is 0 Å². The van der Waals surface area contributed by atoms with Gasteiger partial charge in [-0.1, -0.05) is 35.0 Å². The molecule has 26 heteroatoms. The van der Waals surface area contributed by atoms with Gasteiger partial charge in [-0.15, -0.1) is 5.10 Å². The number of ketones is 2. The van der Waals surface area contributed by atoms with Gasteiger partial charge in [-0.2, -0.15) is 8.42 Å². The summed E-state index contributed by atoms with van der Waals surface area (Å²) in [5, 5.41) is 8.76. The van der Waals surface area contributed by atoms with Crippen molar-refractivity contribution in [2.45, 2.75) is 62.8 Å². The van der Waals surface area contributed by atoms with Crippen LogP contribution in [0.5, 0.6) is 0 Å². The average molecular weight is 1130 g/mol. The van der Waals surface area contributed by atoms with Gasteiger partial charge in [0.05, 0.1) is 169 Å². The van der Waals surface area contributed by atoms with Crippen LogP contribution in [0.15, 0.2) is 59.6 Å². The Balaban J connectivity index is 1.01. The maximum absolute atomic E-state index is 12.7. The predicted octanol–water partition coefficient (Wildman–Crippen LogP) is 2.78. The van der Waals surface area contributed by atoms with Crippen LogP contribution in [0.2, 0.25) is 0 Å². The lowest BCUT2D eigenvalue weighted by Gasteiger charge is -2.14. The smallest absolute Gasteiger partial charge is 0.275 e. The van der Waals surface area contributed by atoms with Crippen molar-refractivity contribution in [3.05, 3.63) is 77.1 Å². The molecule has 24 nitrogen and oxygen atoms in total. The van der Waals surface area contributed by atoms with E-state index in [0.29, 0.717) is 139 Å². The first-order valence-electron chi connectivity index (χ1n) is 25.8. The topological polar surface area (TPSA) is 293 Å². The molecule has 1 heterocycles. The zero-order valence-corrected chi connectivity index (χ0v) is 46.2. The number of aryl methyl sites for hydroxylation is 2. The third kappa shape index (κ3) is 32.4. The Bertz CT molecular complexity index is 2250. The Morgan fingerprint density at radius 1 is 0.558 bits per heavy atom. The quantitative estimate of drug-likeness (QED) is 0.0467. The Kier molecular flexibility index (Phi) is 36.4. The van der Waals surface area contributed by atoms with E-state index >= 15 is 0 Å². The molecule has 1 aromatic heterocycles. The lowest BCUT2D eigenvalue weighted by atomic mass is 10.1. The molecule has 0 saturated carbocycles. The predicted molar refractivity (Wildman–Crippen MR) is 280 cm³/mol. The fraction of sp³-hybridized carbons (Fsp3) is 0.667. The van der Waals surface area contributed by atoms with E-state index in [-0.39, 0.29) is 73.8 Å². The molecule has 1 amide bonds. The van der Waals surface area contributed by atoms with Gasteiger partial charge in [0.15, 0.2) is 21.4 Å². The summed E-state index contributed by atoms with van der Waals surface area (Å²) in [5.41, 5.74) is 2.08. The Hall–Kier alpha value is -4.23. The molecule has 0 spiro atoms. The molecule has 0 aliphatic rings. The normalized spacial score (nSPS) is 12.3. The van der Waals surface area contributed by atoms with Gasteiger partial charge < -0.3 is 62.2 Å². The first-order valence-corrected chi connectivity index (χ1v) is 29.0. The van der Waals surface area contributed by atoms with Gasteiger partial charge in [0, 0.05) is 43.7 Å². The van der Waals surface area contributed by atoms with E-state index in [1.165, 1.54) is 36.4 Å². The summed E-state index contributed by atoms with van der Waals surface area (Å²) in [4.78, 5) is 38.2. The first-order chi connectivity index (χ1) is 37.3. The Morgan fingerprint density at radius 2 is 0.961 bits per heavy atom. The number of carbonyl (C=O) groups excluding carboxylic acids is 3.